The Morgan fingerprint density at radius 2 is 1.83 bits per heavy atom. The number of carboxylic acids is 1. The number of alkyl halides is 3. The second kappa shape index (κ2) is 6.07. The van der Waals surface area contributed by atoms with Crippen LogP contribution in [0, 0.1) is 0 Å². The molecular weight excluding hydrogens is 315 g/mol. The van der Waals surface area contributed by atoms with Gasteiger partial charge in [-0.2, -0.15) is 13.2 Å². The Hall–Kier alpha value is -2.90. The number of benzene rings is 2. The minimum absolute atomic E-state index is 0.0891. The second-order valence-corrected chi connectivity index (χ2v) is 4.52. The molecule has 8 heteroatoms. The number of carbonyl (C=O) groups is 1. The molecule has 2 aromatic rings. The molecule has 0 unspecified atom stereocenters. The Morgan fingerprint density at radius 1 is 1.13 bits per heavy atom. The molecule has 0 aliphatic rings. The summed E-state index contributed by atoms with van der Waals surface area (Å²) in [7, 11) is 1.38. The molecule has 0 aromatic heterocycles. The van der Waals surface area contributed by atoms with Gasteiger partial charge in [-0.3, -0.25) is 0 Å². The van der Waals surface area contributed by atoms with Crippen LogP contribution in [0.4, 0.5) is 18.9 Å². The molecule has 2 rings (SSSR count). The monoisotopic (exact) mass is 327 g/mol. The number of methoxy groups -OCH3 is 1. The van der Waals surface area contributed by atoms with Crippen LogP contribution in [-0.2, 0) is 6.18 Å². The number of carboxylic acid groups (broad SMARTS) is 1. The van der Waals surface area contributed by atoms with Gasteiger partial charge in [0.1, 0.15) is 22.8 Å². The summed E-state index contributed by atoms with van der Waals surface area (Å²) in [6.07, 6.45) is -4.53. The number of halogens is 3. The molecule has 0 bridgehead atoms. The SMILES string of the molecule is COc1ccc(C(=O)O)c(Oc2ccc(C(F)(F)F)cc2N)c1. The van der Waals surface area contributed by atoms with Crippen molar-refractivity contribution in [1.82, 2.24) is 0 Å². The Balaban J connectivity index is 2.41. The zero-order chi connectivity index (χ0) is 17.2. The first-order valence-electron chi connectivity index (χ1n) is 6.28. The largest absolute Gasteiger partial charge is 0.497 e. The topological polar surface area (TPSA) is 81.8 Å². The van der Waals surface area contributed by atoms with E-state index in [1.807, 2.05) is 0 Å². The maximum absolute atomic E-state index is 12.6. The summed E-state index contributed by atoms with van der Waals surface area (Å²) < 4.78 is 48.1. The minimum atomic E-state index is -4.53. The molecule has 2 aromatic carbocycles. The number of aromatic carboxylic acids is 1. The summed E-state index contributed by atoms with van der Waals surface area (Å²) >= 11 is 0. The molecule has 0 amide bonds. The van der Waals surface area contributed by atoms with Crippen LogP contribution in [0.15, 0.2) is 36.4 Å². The maximum Gasteiger partial charge on any atom is 0.416 e. The van der Waals surface area contributed by atoms with Crippen molar-refractivity contribution in [2.45, 2.75) is 6.18 Å². The van der Waals surface area contributed by atoms with Gasteiger partial charge in [-0.15, -0.1) is 0 Å². The number of nitrogens with two attached hydrogens (primary N) is 1. The van der Waals surface area contributed by atoms with E-state index in [0.717, 1.165) is 18.2 Å². The maximum atomic E-state index is 12.6. The summed E-state index contributed by atoms with van der Waals surface area (Å²) in [5, 5.41) is 9.13. The van der Waals surface area contributed by atoms with Gasteiger partial charge in [0.2, 0.25) is 0 Å². The van der Waals surface area contributed by atoms with E-state index in [2.05, 4.69) is 0 Å². The molecule has 23 heavy (non-hydrogen) atoms. The van der Waals surface area contributed by atoms with Gasteiger partial charge in [-0.1, -0.05) is 0 Å². The highest BCUT2D eigenvalue weighted by atomic mass is 19.4. The van der Waals surface area contributed by atoms with Gasteiger partial charge < -0.3 is 20.3 Å². The number of hydrogen-bond acceptors (Lipinski definition) is 4. The molecule has 0 saturated heterocycles. The van der Waals surface area contributed by atoms with E-state index in [9.17, 15) is 18.0 Å². The molecule has 0 saturated carbocycles. The summed E-state index contributed by atoms with van der Waals surface area (Å²) in [5.74, 6) is -1.11. The standard InChI is InChI=1S/C15H12F3NO4/c1-22-9-3-4-10(14(20)21)13(7-9)23-12-5-2-8(6-11(12)19)15(16,17)18/h2-7H,19H2,1H3,(H,20,21). The number of nitrogen functional groups attached to an aromatic ring is 1. The summed E-state index contributed by atoms with van der Waals surface area (Å²) in [6.45, 7) is 0. The van der Waals surface area contributed by atoms with Crippen molar-refractivity contribution >= 4 is 11.7 Å². The smallest absolute Gasteiger partial charge is 0.416 e. The van der Waals surface area contributed by atoms with E-state index in [0.29, 0.717) is 5.75 Å². The van der Waals surface area contributed by atoms with Crippen molar-refractivity contribution in [2.24, 2.45) is 0 Å². The van der Waals surface area contributed by atoms with Crippen molar-refractivity contribution in [3.05, 3.63) is 47.5 Å². The molecule has 0 fully saturated rings. The van der Waals surface area contributed by atoms with Gasteiger partial charge in [-0.25, -0.2) is 4.79 Å². The van der Waals surface area contributed by atoms with Crippen LogP contribution in [0.1, 0.15) is 15.9 Å². The Morgan fingerprint density at radius 3 is 2.35 bits per heavy atom. The highest BCUT2D eigenvalue weighted by Crippen LogP contribution is 2.37. The van der Waals surface area contributed by atoms with Gasteiger partial charge in [0.25, 0.3) is 0 Å². The van der Waals surface area contributed by atoms with Gasteiger partial charge >= 0.3 is 12.1 Å². The first-order valence-corrected chi connectivity index (χ1v) is 6.28. The highest BCUT2D eigenvalue weighted by molar-refractivity contribution is 5.91. The molecule has 5 nitrogen and oxygen atoms in total. The first-order chi connectivity index (χ1) is 10.7. The number of ether oxygens (including phenoxy) is 2. The molecule has 0 heterocycles. The van der Waals surface area contributed by atoms with E-state index in [-0.39, 0.29) is 22.7 Å². The Labute approximate surface area is 129 Å². The van der Waals surface area contributed by atoms with E-state index in [1.165, 1.54) is 25.3 Å². The third kappa shape index (κ3) is 3.65. The lowest BCUT2D eigenvalue weighted by Crippen LogP contribution is -2.06. The normalized spacial score (nSPS) is 11.1. The van der Waals surface area contributed by atoms with Crippen LogP contribution >= 0.6 is 0 Å². The van der Waals surface area contributed by atoms with Gasteiger partial charge in [0.05, 0.1) is 18.4 Å². The van der Waals surface area contributed by atoms with Gasteiger partial charge in [0.15, 0.2) is 0 Å². The fourth-order valence-corrected chi connectivity index (χ4v) is 1.83. The van der Waals surface area contributed by atoms with Crippen LogP contribution in [0.25, 0.3) is 0 Å². The predicted octanol–water partition coefficient (Wildman–Crippen LogP) is 3.79. The first kappa shape index (κ1) is 16.5. The Bertz CT molecular complexity index is 744. The van der Waals surface area contributed by atoms with Crippen molar-refractivity contribution in [2.75, 3.05) is 12.8 Å². The average molecular weight is 327 g/mol. The van der Waals surface area contributed by atoms with E-state index >= 15 is 0 Å². The van der Waals surface area contributed by atoms with E-state index in [1.54, 1.807) is 0 Å². The third-order valence-electron chi connectivity index (χ3n) is 2.98. The predicted molar refractivity (Wildman–Crippen MR) is 75.9 cm³/mol. The molecule has 0 spiro atoms. The van der Waals surface area contributed by atoms with Crippen LogP contribution in [-0.4, -0.2) is 18.2 Å². The lowest BCUT2D eigenvalue weighted by Gasteiger charge is -2.14. The summed E-state index contributed by atoms with van der Waals surface area (Å²) in [5.41, 5.74) is 4.19. The summed E-state index contributed by atoms with van der Waals surface area (Å²) in [4.78, 5) is 11.2. The lowest BCUT2D eigenvalue weighted by molar-refractivity contribution is -0.137. The number of anilines is 1. The van der Waals surface area contributed by atoms with Crippen LogP contribution in [0.3, 0.4) is 0 Å². The van der Waals surface area contributed by atoms with E-state index < -0.39 is 17.7 Å². The Kier molecular flexibility index (Phi) is 4.35. The fraction of sp³-hybridized carbons (Fsp3) is 0.133. The number of hydrogen-bond donors (Lipinski definition) is 2. The average Bonchev–Trinajstić information content (AvgIpc) is 2.47. The van der Waals surface area contributed by atoms with Crippen molar-refractivity contribution in [3.8, 4) is 17.2 Å². The minimum Gasteiger partial charge on any atom is -0.497 e. The molecular formula is C15H12F3NO4. The lowest BCUT2D eigenvalue weighted by atomic mass is 10.1. The zero-order valence-electron chi connectivity index (χ0n) is 11.8. The van der Waals surface area contributed by atoms with Crippen LogP contribution < -0.4 is 15.2 Å². The van der Waals surface area contributed by atoms with Crippen molar-refractivity contribution in [3.63, 3.8) is 0 Å². The highest BCUT2D eigenvalue weighted by Gasteiger charge is 2.31. The van der Waals surface area contributed by atoms with Crippen LogP contribution in [0.5, 0.6) is 17.2 Å². The molecule has 0 radical (unpaired) electrons. The molecule has 3 N–H and O–H groups in total. The molecule has 0 aliphatic heterocycles. The fourth-order valence-electron chi connectivity index (χ4n) is 1.83. The summed E-state index contributed by atoms with van der Waals surface area (Å²) in [6, 6.07) is 6.54. The molecule has 122 valence electrons. The zero-order valence-corrected chi connectivity index (χ0v) is 11.8. The van der Waals surface area contributed by atoms with Crippen molar-refractivity contribution < 1.29 is 32.5 Å². The quantitative estimate of drug-likeness (QED) is 0.835. The van der Waals surface area contributed by atoms with Gasteiger partial charge in [-0.05, 0) is 30.3 Å². The van der Waals surface area contributed by atoms with Crippen LogP contribution in [0.2, 0.25) is 0 Å². The molecule has 0 aliphatic carbocycles. The van der Waals surface area contributed by atoms with Crippen molar-refractivity contribution in [1.29, 1.82) is 0 Å². The number of rotatable bonds is 4. The third-order valence-corrected chi connectivity index (χ3v) is 2.98. The van der Waals surface area contributed by atoms with Gasteiger partial charge in [0, 0.05) is 6.07 Å². The molecule has 0 atom stereocenters. The second-order valence-electron chi connectivity index (χ2n) is 4.52. The van der Waals surface area contributed by atoms with E-state index in [4.69, 9.17) is 20.3 Å².